The molecule has 3 nitrogen and oxygen atoms in total. The molecule has 0 aliphatic carbocycles. The second-order valence-corrected chi connectivity index (χ2v) is 3.59. The van der Waals surface area contributed by atoms with Crippen molar-refractivity contribution in [3.63, 3.8) is 0 Å². The highest BCUT2D eigenvalue weighted by Gasteiger charge is 2.27. The normalized spacial score (nSPS) is 10.1. The standard InChI is InChI=1S/C11H19NO2.ClH/c1-5-11(6-2,7-8-13)12-10(14)9(3)4;/h8H,3,5-7H2,1-2,4H3,(H,12,14);1H. The highest BCUT2D eigenvalue weighted by Crippen LogP contribution is 2.18. The van der Waals surface area contributed by atoms with Crippen LogP contribution in [-0.4, -0.2) is 17.7 Å². The second kappa shape index (κ2) is 7.46. The molecule has 0 unspecified atom stereocenters. The zero-order chi connectivity index (χ0) is 11.2. The number of nitrogens with one attached hydrogen (secondary N) is 1. The third-order valence-electron chi connectivity index (χ3n) is 2.59. The molecule has 88 valence electrons. The van der Waals surface area contributed by atoms with E-state index in [9.17, 15) is 9.59 Å². The number of hydrogen-bond acceptors (Lipinski definition) is 2. The van der Waals surface area contributed by atoms with Crippen molar-refractivity contribution >= 4 is 24.6 Å². The number of aldehydes is 1. The van der Waals surface area contributed by atoms with E-state index >= 15 is 0 Å². The summed E-state index contributed by atoms with van der Waals surface area (Å²) in [5.41, 5.74) is 0.0831. The minimum Gasteiger partial charge on any atom is -0.346 e. The fourth-order valence-electron chi connectivity index (χ4n) is 1.27. The lowest BCUT2D eigenvalue weighted by Gasteiger charge is -2.31. The van der Waals surface area contributed by atoms with Gasteiger partial charge in [-0.2, -0.15) is 0 Å². The van der Waals surface area contributed by atoms with Crippen LogP contribution in [0.5, 0.6) is 0 Å². The average Bonchev–Trinajstić information content (AvgIpc) is 2.16. The van der Waals surface area contributed by atoms with E-state index < -0.39 is 5.54 Å². The first-order valence-corrected chi connectivity index (χ1v) is 4.93. The Labute approximate surface area is 97.7 Å². The van der Waals surface area contributed by atoms with Gasteiger partial charge in [-0.1, -0.05) is 20.4 Å². The van der Waals surface area contributed by atoms with E-state index in [1.165, 1.54) is 0 Å². The van der Waals surface area contributed by atoms with Crippen LogP contribution in [0, 0.1) is 0 Å². The maximum Gasteiger partial charge on any atom is 0.246 e. The number of amides is 1. The van der Waals surface area contributed by atoms with E-state index in [0.717, 1.165) is 19.1 Å². The van der Waals surface area contributed by atoms with Gasteiger partial charge in [0.05, 0.1) is 0 Å². The van der Waals surface area contributed by atoms with E-state index in [-0.39, 0.29) is 18.3 Å². The molecule has 0 rings (SSSR count). The van der Waals surface area contributed by atoms with Crippen molar-refractivity contribution in [2.24, 2.45) is 0 Å². The Morgan fingerprint density at radius 2 is 1.87 bits per heavy atom. The summed E-state index contributed by atoms with van der Waals surface area (Å²) in [4.78, 5) is 21.9. The fourth-order valence-corrected chi connectivity index (χ4v) is 1.27. The third kappa shape index (κ3) is 4.98. The van der Waals surface area contributed by atoms with Crippen molar-refractivity contribution in [3.8, 4) is 0 Å². The summed E-state index contributed by atoms with van der Waals surface area (Å²) in [6.07, 6.45) is 2.72. The lowest BCUT2D eigenvalue weighted by molar-refractivity contribution is -0.120. The number of carbonyl (C=O) groups is 2. The molecule has 1 amide bonds. The van der Waals surface area contributed by atoms with Gasteiger partial charge < -0.3 is 10.1 Å². The average molecular weight is 234 g/mol. The molecule has 0 saturated heterocycles. The fraction of sp³-hybridized carbons (Fsp3) is 0.636. The van der Waals surface area contributed by atoms with E-state index in [4.69, 9.17) is 0 Å². The minimum absolute atomic E-state index is 0. The molecule has 0 bridgehead atoms. The van der Waals surface area contributed by atoms with E-state index in [1.807, 2.05) is 13.8 Å². The second-order valence-electron chi connectivity index (χ2n) is 3.59. The van der Waals surface area contributed by atoms with Crippen molar-refractivity contribution in [2.75, 3.05) is 0 Å². The van der Waals surface area contributed by atoms with Crippen LogP contribution in [0.25, 0.3) is 0 Å². The van der Waals surface area contributed by atoms with Gasteiger partial charge >= 0.3 is 0 Å². The van der Waals surface area contributed by atoms with Crippen LogP contribution in [-0.2, 0) is 9.59 Å². The van der Waals surface area contributed by atoms with Gasteiger partial charge in [-0.25, -0.2) is 0 Å². The van der Waals surface area contributed by atoms with E-state index in [0.29, 0.717) is 12.0 Å². The van der Waals surface area contributed by atoms with Crippen molar-refractivity contribution < 1.29 is 9.59 Å². The van der Waals surface area contributed by atoms with Crippen LogP contribution in [0.3, 0.4) is 0 Å². The first kappa shape index (κ1) is 16.6. The molecule has 0 heterocycles. The van der Waals surface area contributed by atoms with Crippen LogP contribution in [0.4, 0.5) is 0 Å². The summed E-state index contributed by atoms with van der Waals surface area (Å²) in [7, 11) is 0. The number of rotatable bonds is 6. The zero-order valence-electron chi connectivity index (χ0n) is 9.63. The van der Waals surface area contributed by atoms with Gasteiger partial charge in [-0.05, 0) is 19.8 Å². The topological polar surface area (TPSA) is 46.2 Å². The molecular formula is C11H20ClNO2. The van der Waals surface area contributed by atoms with Crippen molar-refractivity contribution in [1.82, 2.24) is 5.32 Å². The smallest absolute Gasteiger partial charge is 0.246 e. The Hall–Kier alpha value is -0.830. The molecule has 0 aromatic rings. The predicted octanol–water partition coefficient (Wildman–Crippen LogP) is 2.25. The molecule has 0 aromatic carbocycles. The zero-order valence-corrected chi connectivity index (χ0v) is 10.4. The summed E-state index contributed by atoms with van der Waals surface area (Å²) in [6, 6.07) is 0. The van der Waals surface area contributed by atoms with Gasteiger partial charge in [-0.15, -0.1) is 12.4 Å². The number of halogens is 1. The Kier molecular flexibility index (Phi) is 8.25. The number of hydrogen-bond donors (Lipinski definition) is 1. The maximum atomic E-state index is 11.4. The quantitative estimate of drug-likeness (QED) is 0.565. The Balaban J connectivity index is 0. The maximum absolute atomic E-state index is 11.4. The van der Waals surface area contributed by atoms with Crippen LogP contribution in [0.2, 0.25) is 0 Å². The van der Waals surface area contributed by atoms with Gasteiger partial charge in [0.1, 0.15) is 6.29 Å². The highest BCUT2D eigenvalue weighted by molar-refractivity contribution is 5.92. The van der Waals surface area contributed by atoms with Crippen molar-refractivity contribution in [1.29, 1.82) is 0 Å². The molecule has 0 radical (unpaired) electrons. The third-order valence-corrected chi connectivity index (χ3v) is 2.59. The van der Waals surface area contributed by atoms with Gasteiger partial charge in [0.15, 0.2) is 0 Å². The van der Waals surface area contributed by atoms with E-state index in [1.54, 1.807) is 6.92 Å². The largest absolute Gasteiger partial charge is 0.346 e. The summed E-state index contributed by atoms with van der Waals surface area (Å²) < 4.78 is 0. The monoisotopic (exact) mass is 233 g/mol. The number of carbonyl (C=O) groups excluding carboxylic acids is 2. The molecule has 0 fully saturated rings. The molecule has 0 aliphatic rings. The van der Waals surface area contributed by atoms with Gasteiger partial charge in [-0.3, -0.25) is 4.79 Å². The molecule has 0 atom stereocenters. The summed E-state index contributed by atoms with van der Waals surface area (Å²) >= 11 is 0. The lowest BCUT2D eigenvalue weighted by atomic mass is 9.89. The Bertz CT molecular complexity index is 235. The summed E-state index contributed by atoms with van der Waals surface area (Å²) in [5.74, 6) is -0.171. The summed E-state index contributed by atoms with van der Waals surface area (Å²) in [5, 5.41) is 2.86. The molecule has 4 heteroatoms. The Morgan fingerprint density at radius 3 is 2.13 bits per heavy atom. The SMILES string of the molecule is C=C(C)C(=O)NC(CC)(CC)CC=O.Cl. The lowest BCUT2D eigenvalue weighted by Crippen LogP contribution is -2.48. The van der Waals surface area contributed by atoms with Gasteiger partial charge in [0, 0.05) is 17.5 Å². The molecule has 0 aliphatic heterocycles. The first-order valence-electron chi connectivity index (χ1n) is 4.93. The molecule has 0 saturated carbocycles. The van der Waals surface area contributed by atoms with Gasteiger partial charge in [0.25, 0.3) is 0 Å². The summed E-state index contributed by atoms with van der Waals surface area (Å²) in [6.45, 7) is 9.15. The predicted molar refractivity (Wildman–Crippen MR) is 64.2 cm³/mol. The highest BCUT2D eigenvalue weighted by atomic mass is 35.5. The minimum atomic E-state index is -0.391. The van der Waals surface area contributed by atoms with Crippen LogP contribution in [0.15, 0.2) is 12.2 Å². The van der Waals surface area contributed by atoms with Crippen LogP contribution in [0.1, 0.15) is 40.0 Å². The molecule has 0 aromatic heterocycles. The van der Waals surface area contributed by atoms with Crippen LogP contribution < -0.4 is 5.32 Å². The molecule has 15 heavy (non-hydrogen) atoms. The Morgan fingerprint density at radius 1 is 1.40 bits per heavy atom. The first-order chi connectivity index (χ1) is 6.51. The van der Waals surface area contributed by atoms with Crippen LogP contribution >= 0.6 is 12.4 Å². The van der Waals surface area contributed by atoms with Gasteiger partial charge in [0.2, 0.25) is 5.91 Å². The van der Waals surface area contributed by atoms with Crippen molar-refractivity contribution in [2.45, 2.75) is 45.6 Å². The molecule has 1 N–H and O–H groups in total. The molecule has 0 spiro atoms. The van der Waals surface area contributed by atoms with E-state index in [2.05, 4.69) is 11.9 Å². The van der Waals surface area contributed by atoms with Crippen molar-refractivity contribution in [3.05, 3.63) is 12.2 Å². The molecular weight excluding hydrogens is 214 g/mol.